The summed E-state index contributed by atoms with van der Waals surface area (Å²) in [5.41, 5.74) is 0. The number of piperidine rings is 1. The minimum Gasteiger partial charge on any atom is -0.339 e. The van der Waals surface area contributed by atoms with Crippen molar-refractivity contribution in [1.82, 2.24) is 4.90 Å². The van der Waals surface area contributed by atoms with E-state index in [9.17, 15) is 9.59 Å². The molecule has 0 spiro atoms. The van der Waals surface area contributed by atoms with Crippen LogP contribution in [0.5, 0.6) is 0 Å². The van der Waals surface area contributed by atoms with Crippen molar-refractivity contribution in [3.05, 3.63) is 0 Å². The van der Waals surface area contributed by atoms with Crippen LogP contribution in [0.3, 0.4) is 0 Å². The molecule has 3 heteroatoms. The van der Waals surface area contributed by atoms with Gasteiger partial charge in [0.2, 0.25) is 5.91 Å². The molecule has 19 heavy (non-hydrogen) atoms. The molecule has 0 radical (unpaired) electrons. The number of hydrogen-bond donors (Lipinski definition) is 0. The highest BCUT2D eigenvalue weighted by Gasteiger charge is 2.29. The maximum Gasteiger partial charge on any atom is 0.223 e. The number of carbonyl (C=O) groups excluding carboxylic acids is 2. The highest BCUT2D eigenvalue weighted by Crippen LogP contribution is 2.28. The first-order valence-electron chi connectivity index (χ1n) is 7.95. The highest BCUT2D eigenvalue weighted by molar-refractivity contribution is 5.80. The van der Waals surface area contributed by atoms with E-state index in [0.29, 0.717) is 24.7 Å². The second-order valence-electron chi connectivity index (χ2n) is 6.35. The van der Waals surface area contributed by atoms with Gasteiger partial charge in [-0.3, -0.25) is 9.59 Å². The lowest BCUT2D eigenvalue weighted by atomic mass is 9.86. The number of rotatable bonds is 4. The molecule has 108 valence electrons. The molecular weight excluding hydrogens is 238 g/mol. The Morgan fingerprint density at radius 2 is 1.63 bits per heavy atom. The molecule has 0 bridgehead atoms. The van der Waals surface area contributed by atoms with Crippen molar-refractivity contribution in [3.8, 4) is 0 Å². The zero-order valence-corrected chi connectivity index (χ0v) is 12.2. The van der Waals surface area contributed by atoms with Gasteiger partial charge in [0, 0.05) is 25.4 Å². The number of amides is 1. The number of nitrogens with zero attached hydrogens (tertiary/aromatic N) is 1. The summed E-state index contributed by atoms with van der Waals surface area (Å²) in [4.78, 5) is 25.8. The lowest BCUT2D eigenvalue weighted by Crippen LogP contribution is -2.45. The Labute approximate surface area is 116 Å². The van der Waals surface area contributed by atoms with Crippen molar-refractivity contribution in [2.75, 3.05) is 6.54 Å². The van der Waals surface area contributed by atoms with E-state index < -0.39 is 0 Å². The summed E-state index contributed by atoms with van der Waals surface area (Å²) in [7, 11) is 0. The third kappa shape index (κ3) is 4.32. The molecule has 2 fully saturated rings. The first-order chi connectivity index (χ1) is 9.16. The highest BCUT2D eigenvalue weighted by atomic mass is 16.2. The van der Waals surface area contributed by atoms with Crippen LogP contribution < -0.4 is 0 Å². The van der Waals surface area contributed by atoms with Crippen LogP contribution in [0.4, 0.5) is 0 Å². The van der Waals surface area contributed by atoms with Gasteiger partial charge >= 0.3 is 0 Å². The molecule has 1 aliphatic carbocycles. The van der Waals surface area contributed by atoms with E-state index in [1.165, 1.54) is 32.1 Å². The molecule has 2 rings (SSSR count). The van der Waals surface area contributed by atoms with E-state index in [1.807, 2.05) is 4.90 Å². The molecule has 0 aromatic rings. The van der Waals surface area contributed by atoms with Gasteiger partial charge in [-0.2, -0.15) is 0 Å². The van der Waals surface area contributed by atoms with Gasteiger partial charge in [-0.15, -0.1) is 0 Å². The molecule has 0 aromatic carbocycles. The SMILES string of the molecule is CC(=O)CC1CCCCN1C(=O)CC1CCCCC1. The van der Waals surface area contributed by atoms with Crippen molar-refractivity contribution in [3.63, 3.8) is 0 Å². The number of ketones is 1. The summed E-state index contributed by atoms with van der Waals surface area (Å²) < 4.78 is 0. The van der Waals surface area contributed by atoms with Gasteiger partial charge < -0.3 is 4.90 Å². The molecule has 0 aromatic heterocycles. The van der Waals surface area contributed by atoms with Crippen LogP contribution in [0.1, 0.15) is 71.1 Å². The van der Waals surface area contributed by atoms with Crippen molar-refractivity contribution in [1.29, 1.82) is 0 Å². The van der Waals surface area contributed by atoms with Gasteiger partial charge in [-0.1, -0.05) is 19.3 Å². The normalized spacial score (nSPS) is 25.3. The maximum absolute atomic E-state index is 12.5. The van der Waals surface area contributed by atoms with E-state index in [2.05, 4.69) is 0 Å². The monoisotopic (exact) mass is 265 g/mol. The fraction of sp³-hybridized carbons (Fsp3) is 0.875. The molecule has 2 aliphatic rings. The lowest BCUT2D eigenvalue weighted by Gasteiger charge is -2.36. The fourth-order valence-corrected chi connectivity index (χ4v) is 3.63. The van der Waals surface area contributed by atoms with Crippen molar-refractivity contribution < 1.29 is 9.59 Å². The minimum absolute atomic E-state index is 0.183. The largest absolute Gasteiger partial charge is 0.339 e. The summed E-state index contributed by atoms with van der Waals surface area (Å²) in [6.45, 7) is 2.50. The van der Waals surface area contributed by atoms with Crippen LogP contribution in [0.15, 0.2) is 0 Å². The van der Waals surface area contributed by atoms with Crippen molar-refractivity contribution in [2.45, 2.75) is 77.2 Å². The van der Waals surface area contributed by atoms with Gasteiger partial charge in [0.05, 0.1) is 0 Å². The molecule has 1 unspecified atom stereocenters. The van der Waals surface area contributed by atoms with Crippen LogP contribution >= 0.6 is 0 Å². The average Bonchev–Trinajstić information content (AvgIpc) is 2.39. The fourth-order valence-electron chi connectivity index (χ4n) is 3.63. The smallest absolute Gasteiger partial charge is 0.223 e. The third-order valence-corrected chi connectivity index (χ3v) is 4.66. The van der Waals surface area contributed by atoms with E-state index in [4.69, 9.17) is 0 Å². The van der Waals surface area contributed by atoms with Crippen molar-refractivity contribution in [2.24, 2.45) is 5.92 Å². The quantitative estimate of drug-likeness (QED) is 0.782. The number of carbonyl (C=O) groups is 2. The molecule has 1 heterocycles. The van der Waals surface area contributed by atoms with Gasteiger partial charge in [-0.25, -0.2) is 0 Å². The van der Waals surface area contributed by atoms with E-state index in [-0.39, 0.29) is 11.8 Å². The average molecular weight is 265 g/mol. The Kier molecular flexibility index (Phi) is 5.41. The lowest BCUT2D eigenvalue weighted by molar-refractivity contribution is -0.137. The predicted molar refractivity (Wildman–Crippen MR) is 75.8 cm³/mol. The summed E-state index contributed by atoms with van der Waals surface area (Å²) in [6, 6.07) is 0.183. The standard InChI is InChI=1S/C16H27NO2/c1-13(18)11-15-9-5-6-10-17(15)16(19)12-14-7-3-2-4-8-14/h14-15H,2-12H2,1H3. The predicted octanol–water partition coefficient (Wildman–Crippen LogP) is 3.32. The summed E-state index contributed by atoms with van der Waals surface area (Å²) in [6.07, 6.45) is 10.9. The molecular formula is C16H27NO2. The number of hydrogen-bond acceptors (Lipinski definition) is 2. The Hall–Kier alpha value is -0.860. The molecule has 1 atom stereocenters. The summed E-state index contributed by atoms with van der Waals surface area (Å²) in [5.74, 6) is 1.11. The third-order valence-electron chi connectivity index (χ3n) is 4.66. The van der Waals surface area contributed by atoms with Gasteiger partial charge in [0.1, 0.15) is 5.78 Å². The summed E-state index contributed by atoms with van der Waals surface area (Å²) >= 11 is 0. The van der Waals surface area contributed by atoms with E-state index in [0.717, 1.165) is 25.8 Å². The molecule has 1 saturated heterocycles. The first-order valence-corrected chi connectivity index (χ1v) is 7.95. The second-order valence-corrected chi connectivity index (χ2v) is 6.35. The van der Waals surface area contributed by atoms with Gasteiger partial charge in [0.15, 0.2) is 0 Å². The van der Waals surface area contributed by atoms with E-state index in [1.54, 1.807) is 6.92 Å². The topological polar surface area (TPSA) is 37.4 Å². The minimum atomic E-state index is 0.183. The van der Waals surface area contributed by atoms with Crippen molar-refractivity contribution >= 4 is 11.7 Å². The Morgan fingerprint density at radius 3 is 2.32 bits per heavy atom. The molecule has 0 N–H and O–H groups in total. The molecule has 1 saturated carbocycles. The molecule has 3 nitrogen and oxygen atoms in total. The Bertz CT molecular complexity index is 321. The zero-order valence-electron chi connectivity index (χ0n) is 12.2. The number of likely N-dealkylation sites (tertiary alicyclic amines) is 1. The van der Waals surface area contributed by atoms with Gasteiger partial charge in [-0.05, 0) is 44.9 Å². The second kappa shape index (κ2) is 7.06. The summed E-state index contributed by atoms with van der Waals surface area (Å²) in [5, 5.41) is 0. The Balaban J connectivity index is 1.88. The van der Waals surface area contributed by atoms with Gasteiger partial charge in [0.25, 0.3) is 0 Å². The van der Waals surface area contributed by atoms with Crippen LogP contribution in [0, 0.1) is 5.92 Å². The van der Waals surface area contributed by atoms with Crippen LogP contribution in [-0.2, 0) is 9.59 Å². The Morgan fingerprint density at radius 1 is 0.947 bits per heavy atom. The van der Waals surface area contributed by atoms with E-state index >= 15 is 0 Å². The maximum atomic E-state index is 12.5. The zero-order chi connectivity index (χ0) is 13.7. The van der Waals surface area contributed by atoms with Crippen LogP contribution in [-0.4, -0.2) is 29.2 Å². The first kappa shape index (κ1) is 14.5. The number of Topliss-reactive ketones (excluding diaryl/α,β-unsaturated/α-hetero) is 1. The molecule has 1 aliphatic heterocycles. The van der Waals surface area contributed by atoms with Crippen LogP contribution in [0.2, 0.25) is 0 Å². The molecule has 1 amide bonds. The van der Waals surface area contributed by atoms with Crippen LogP contribution in [0.25, 0.3) is 0 Å².